The van der Waals surface area contributed by atoms with E-state index in [0.717, 1.165) is 11.4 Å². The monoisotopic (exact) mass is 272 g/mol. The van der Waals surface area contributed by atoms with Gasteiger partial charge in [-0.05, 0) is 24.3 Å². The van der Waals surface area contributed by atoms with Gasteiger partial charge in [-0.15, -0.1) is 0 Å². The molecular weight excluding hydrogens is 256 g/mol. The molecule has 2 heterocycles. The van der Waals surface area contributed by atoms with Crippen LogP contribution in [0, 0.1) is 0 Å². The fourth-order valence-corrected chi connectivity index (χ4v) is 2.48. The van der Waals surface area contributed by atoms with E-state index in [1.54, 1.807) is 12.0 Å². The SMILES string of the molecule is COc1ccc(-n2cccc2)c(N2CC(O)CC2=O)c1. The molecule has 1 N–H and O–H groups in total. The van der Waals surface area contributed by atoms with E-state index in [2.05, 4.69) is 0 Å². The van der Waals surface area contributed by atoms with Crippen molar-refractivity contribution < 1.29 is 14.6 Å². The summed E-state index contributed by atoms with van der Waals surface area (Å²) in [5.41, 5.74) is 1.64. The molecule has 20 heavy (non-hydrogen) atoms. The van der Waals surface area contributed by atoms with Gasteiger partial charge in [-0.2, -0.15) is 0 Å². The lowest BCUT2D eigenvalue weighted by atomic mass is 10.2. The Morgan fingerprint density at radius 1 is 1.25 bits per heavy atom. The van der Waals surface area contributed by atoms with Crippen LogP contribution in [0.4, 0.5) is 5.69 Å². The highest BCUT2D eigenvalue weighted by Gasteiger charge is 2.31. The zero-order valence-electron chi connectivity index (χ0n) is 11.2. The first-order chi connectivity index (χ1) is 9.69. The van der Waals surface area contributed by atoms with Gasteiger partial charge in [0.25, 0.3) is 0 Å². The van der Waals surface area contributed by atoms with Gasteiger partial charge < -0.3 is 19.3 Å². The van der Waals surface area contributed by atoms with Crippen LogP contribution in [-0.4, -0.2) is 35.3 Å². The van der Waals surface area contributed by atoms with Gasteiger partial charge in [0.2, 0.25) is 5.91 Å². The average Bonchev–Trinajstić information content (AvgIpc) is 3.07. The normalized spacial score (nSPS) is 18.6. The number of carbonyl (C=O) groups excluding carboxylic acids is 1. The van der Waals surface area contributed by atoms with Gasteiger partial charge in [-0.1, -0.05) is 0 Å². The van der Waals surface area contributed by atoms with Crippen LogP contribution in [0.25, 0.3) is 5.69 Å². The maximum Gasteiger partial charge on any atom is 0.229 e. The molecule has 1 aliphatic rings. The molecule has 1 fully saturated rings. The summed E-state index contributed by atoms with van der Waals surface area (Å²) >= 11 is 0. The van der Waals surface area contributed by atoms with Crippen molar-refractivity contribution in [2.45, 2.75) is 12.5 Å². The molecular formula is C15H16N2O3. The van der Waals surface area contributed by atoms with Crippen LogP contribution in [0.3, 0.4) is 0 Å². The highest BCUT2D eigenvalue weighted by molar-refractivity contribution is 5.98. The van der Waals surface area contributed by atoms with Crippen LogP contribution < -0.4 is 9.64 Å². The predicted octanol–water partition coefficient (Wildman–Crippen LogP) is 1.58. The number of aliphatic hydroxyl groups excluding tert-OH is 1. The number of ether oxygens (including phenoxy) is 1. The number of methoxy groups -OCH3 is 1. The zero-order valence-corrected chi connectivity index (χ0v) is 11.2. The molecule has 0 saturated carbocycles. The molecule has 0 radical (unpaired) electrons. The smallest absolute Gasteiger partial charge is 0.229 e. The largest absolute Gasteiger partial charge is 0.497 e. The minimum Gasteiger partial charge on any atom is -0.497 e. The Hall–Kier alpha value is -2.27. The van der Waals surface area contributed by atoms with E-state index >= 15 is 0 Å². The van der Waals surface area contributed by atoms with E-state index in [9.17, 15) is 9.90 Å². The fraction of sp³-hybridized carbons (Fsp3) is 0.267. The molecule has 1 unspecified atom stereocenters. The number of rotatable bonds is 3. The first-order valence-electron chi connectivity index (χ1n) is 6.49. The third kappa shape index (κ3) is 2.16. The van der Waals surface area contributed by atoms with Gasteiger partial charge in [0, 0.05) is 18.5 Å². The summed E-state index contributed by atoms with van der Waals surface area (Å²) in [7, 11) is 1.59. The molecule has 1 aliphatic heterocycles. The summed E-state index contributed by atoms with van der Waals surface area (Å²) in [4.78, 5) is 13.6. The summed E-state index contributed by atoms with van der Waals surface area (Å²) in [5, 5.41) is 9.68. The van der Waals surface area contributed by atoms with E-state index < -0.39 is 6.10 Å². The minimum absolute atomic E-state index is 0.0702. The van der Waals surface area contributed by atoms with Crippen molar-refractivity contribution in [2.75, 3.05) is 18.6 Å². The molecule has 1 amide bonds. The van der Waals surface area contributed by atoms with Crippen molar-refractivity contribution in [2.24, 2.45) is 0 Å². The molecule has 5 heteroatoms. The van der Waals surface area contributed by atoms with Crippen molar-refractivity contribution >= 4 is 11.6 Å². The first kappa shape index (κ1) is 12.7. The lowest BCUT2D eigenvalue weighted by Crippen LogP contribution is -2.26. The van der Waals surface area contributed by atoms with Gasteiger partial charge in [-0.25, -0.2) is 0 Å². The number of aromatic nitrogens is 1. The zero-order chi connectivity index (χ0) is 14.1. The van der Waals surface area contributed by atoms with E-state index in [1.165, 1.54) is 0 Å². The molecule has 0 spiro atoms. The second-order valence-electron chi connectivity index (χ2n) is 4.81. The Labute approximate surface area is 117 Å². The molecule has 0 bridgehead atoms. The molecule has 1 atom stereocenters. The highest BCUT2D eigenvalue weighted by atomic mass is 16.5. The predicted molar refractivity (Wildman–Crippen MR) is 75.3 cm³/mol. The van der Waals surface area contributed by atoms with Crippen molar-refractivity contribution in [1.82, 2.24) is 4.57 Å². The van der Waals surface area contributed by atoms with Gasteiger partial charge in [0.05, 0.1) is 37.6 Å². The maximum atomic E-state index is 12.0. The molecule has 1 aromatic heterocycles. The Bertz CT molecular complexity index is 622. The topological polar surface area (TPSA) is 54.7 Å². The summed E-state index contributed by atoms with van der Waals surface area (Å²) < 4.78 is 7.18. The van der Waals surface area contributed by atoms with Crippen molar-refractivity contribution in [3.05, 3.63) is 42.7 Å². The molecule has 0 aliphatic carbocycles. The number of amides is 1. The maximum absolute atomic E-state index is 12.0. The van der Waals surface area contributed by atoms with Gasteiger partial charge >= 0.3 is 0 Å². The number of aliphatic hydroxyl groups is 1. The van der Waals surface area contributed by atoms with Crippen LogP contribution in [0.5, 0.6) is 5.75 Å². The average molecular weight is 272 g/mol. The van der Waals surface area contributed by atoms with Crippen molar-refractivity contribution in [3.63, 3.8) is 0 Å². The fourth-order valence-electron chi connectivity index (χ4n) is 2.48. The van der Waals surface area contributed by atoms with Gasteiger partial charge in [0.1, 0.15) is 5.75 Å². The third-order valence-corrected chi connectivity index (χ3v) is 3.46. The van der Waals surface area contributed by atoms with Gasteiger partial charge in [-0.3, -0.25) is 4.79 Å². The summed E-state index contributed by atoms with van der Waals surface area (Å²) in [5.74, 6) is 0.615. The number of hydrogen-bond donors (Lipinski definition) is 1. The lowest BCUT2D eigenvalue weighted by molar-refractivity contribution is -0.117. The van der Waals surface area contributed by atoms with E-state index in [0.29, 0.717) is 12.3 Å². The number of benzene rings is 1. The molecule has 104 valence electrons. The molecule has 2 aromatic rings. The number of hydrogen-bond acceptors (Lipinski definition) is 3. The Morgan fingerprint density at radius 3 is 2.60 bits per heavy atom. The van der Waals surface area contributed by atoms with E-state index in [4.69, 9.17) is 4.74 Å². The minimum atomic E-state index is -0.605. The summed E-state index contributed by atoms with van der Waals surface area (Å²) in [6.45, 7) is 0.320. The molecule has 5 nitrogen and oxygen atoms in total. The highest BCUT2D eigenvalue weighted by Crippen LogP contribution is 2.32. The number of anilines is 1. The second-order valence-corrected chi connectivity index (χ2v) is 4.81. The third-order valence-electron chi connectivity index (χ3n) is 3.46. The lowest BCUT2D eigenvalue weighted by Gasteiger charge is -2.21. The summed E-state index contributed by atoms with van der Waals surface area (Å²) in [6, 6.07) is 9.44. The first-order valence-corrected chi connectivity index (χ1v) is 6.49. The van der Waals surface area contributed by atoms with Crippen molar-refractivity contribution in [3.8, 4) is 11.4 Å². The van der Waals surface area contributed by atoms with Crippen LogP contribution >= 0.6 is 0 Å². The number of β-amino-alcohol motifs (C(OH)–C–C–N with tert-alkyl or cyclic N) is 1. The molecule has 1 aromatic carbocycles. The van der Waals surface area contributed by atoms with Crippen LogP contribution in [0.1, 0.15) is 6.42 Å². The number of nitrogens with zero attached hydrogens (tertiary/aromatic N) is 2. The van der Waals surface area contributed by atoms with Crippen LogP contribution in [-0.2, 0) is 4.79 Å². The quantitative estimate of drug-likeness (QED) is 0.923. The van der Waals surface area contributed by atoms with E-state index in [-0.39, 0.29) is 12.3 Å². The van der Waals surface area contributed by atoms with Crippen LogP contribution in [0.2, 0.25) is 0 Å². The second kappa shape index (κ2) is 5.02. The Morgan fingerprint density at radius 2 is 2.00 bits per heavy atom. The van der Waals surface area contributed by atoms with Crippen molar-refractivity contribution in [1.29, 1.82) is 0 Å². The number of carbonyl (C=O) groups is 1. The standard InChI is InChI=1S/C15H16N2O3/c1-20-12-4-5-13(16-6-2-3-7-16)14(9-12)17-10-11(18)8-15(17)19/h2-7,9,11,18H,8,10H2,1H3. The summed E-state index contributed by atoms with van der Waals surface area (Å²) in [6.07, 6.45) is 3.40. The van der Waals surface area contributed by atoms with E-state index in [1.807, 2.05) is 47.3 Å². The van der Waals surface area contributed by atoms with Crippen LogP contribution in [0.15, 0.2) is 42.7 Å². The molecule has 1 saturated heterocycles. The Kier molecular flexibility index (Phi) is 3.20. The molecule has 3 rings (SSSR count). The Balaban J connectivity index is 2.09. The van der Waals surface area contributed by atoms with Gasteiger partial charge in [0.15, 0.2) is 0 Å².